The lowest BCUT2D eigenvalue weighted by Gasteiger charge is -2.12. The Morgan fingerprint density at radius 1 is 1.38 bits per heavy atom. The van der Waals surface area contributed by atoms with Crippen molar-refractivity contribution >= 4 is 35.2 Å². The normalized spacial score (nSPS) is 11.0. The molecule has 1 aromatic carbocycles. The van der Waals surface area contributed by atoms with Crippen LogP contribution < -0.4 is 0 Å². The van der Waals surface area contributed by atoms with E-state index in [4.69, 9.17) is 23.2 Å². The van der Waals surface area contributed by atoms with Crippen LogP contribution in [0.15, 0.2) is 24.3 Å². The summed E-state index contributed by atoms with van der Waals surface area (Å²) in [6, 6.07) is 5.18. The SMILES string of the molecule is Cc1nc(CN(C)C(=O)C=Cc2ccc(Cl)c(Cl)c2)n[nH]1. The summed E-state index contributed by atoms with van der Waals surface area (Å²) in [5.74, 6) is 1.15. The van der Waals surface area contributed by atoms with Gasteiger partial charge in [0.1, 0.15) is 5.82 Å². The van der Waals surface area contributed by atoms with Crippen molar-refractivity contribution < 1.29 is 4.79 Å². The van der Waals surface area contributed by atoms with Gasteiger partial charge in [0.15, 0.2) is 5.82 Å². The molecule has 21 heavy (non-hydrogen) atoms. The average Bonchev–Trinajstić information content (AvgIpc) is 2.85. The summed E-state index contributed by atoms with van der Waals surface area (Å²) in [4.78, 5) is 17.7. The molecule has 0 bridgehead atoms. The molecule has 0 aliphatic rings. The van der Waals surface area contributed by atoms with Gasteiger partial charge in [-0.25, -0.2) is 4.98 Å². The van der Waals surface area contributed by atoms with Crippen LogP contribution in [0.3, 0.4) is 0 Å². The number of aromatic amines is 1. The van der Waals surface area contributed by atoms with Gasteiger partial charge in [-0.05, 0) is 30.7 Å². The molecule has 2 aromatic rings. The van der Waals surface area contributed by atoms with Gasteiger partial charge < -0.3 is 4.90 Å². The van der Waals surface area contributed by atoms with E-state index in [9.17, 15) is 4.79 Å². The molecule has 0 unspecified atom stereocenters. The Bertz CT molecular complexity index is 681. The number of nitrogens with one attached hydrogen (secondary N) is 1. The Balaban J connectivity index is 1.99. The van der Waals surface area contributed by atoms with E-state index in [0.717, 1.165) is 11.4 Å². The highest BCUT2D eigenvalue weighted by atomic mass is 35.5. The van der Waals surface area contributed by atoms with Crippen LogP contribution in [0.2, 0.25) is 10.0 Å². The summed E-state index contributed by atoms with van der Waals surface area (Å²) in [5, 5.41) is 7.67. The third kappa shape index (κ3) is 4.31. The Morgan fingerprint density at radius 2 is 2.14 bits per heavy atom. The Morgan fingerprint density at radius 3 is 2.76 bits per heavy atom. The van der Waals surface area contributed by atoms with Gasteiger partial charge in [0.25, 0.3) is 0 Å². The fraction of sp³-hybridized carbons (Fsp3) is 0.214. The predicted molar refractivity (Wildman–Crippen MR) is 83.1 cm³/mol. The fourth-order valence-corrected chi connectivity index (χ4v) is 1.97. The third-order valence-corrected chi connectivity index (χ3v) is 3.50. The van der Waals surface area contributed by atoms with Crippen molar-refractivity contribution in [2.24, 2.45) is 0 Å². The number of halogens is 2. The van der Waals surface area contributed by atoms with Gasteiger partial charge in [-0.1, -0.05) is 29.3 Å². The lowest BCUT2D eigenvalue weighted by Crippen LogP contribution is -2.24. The molecule has 1 amide bonds. The second kappa shape index (κ2) is 6.74. The number of nitrogens with zero attached hydrogens (tertiary/aromatic N) is 3. The van der Waals surface area contributed by atoms with Gasteiger partial charge in [-0.3, -0.25) is 9.89 Å². The molecule has 0 spiro atoms. The Kier molecular flexibility index (Phi) is 4.98. The standard InChI is InChI=1S/C14H14Cl2N4O/c1-9-17-13(19-18-9)8-20(2)14(21)6-4-10-3-5-11(15)12(16)7-10/h3-7H,8H2,1-2H3,(H,17,18,19). The first-order valence-corrected chi connectivity index (χ1v) is 6.97. The average molecular weight is 325 g/mol. The van der Waals surface area contributed by atoms with E-state index < -0.39 is 0 Å². The number of hydrogen-bond acceptors (Lipinski definition) is 3. The number of hydrogen-bond donors (Lipinski definition) is 1. The molecule has 0 atom stereocenters. The van der Waals surface area contributed by atoms with Crippen LogP contribution in [0.4, 0.5) is 0 Å². The molecule has 1 heterocycles. The topological polar surface area (TPSA) is 61.9 Å². The van der Waals surface area contributed by atoms with Crippen molar-refractivity contribution in [3.8, 4) is 0 Å². The highest BCUT2D eigenvalue weighted by molar-refractivity contribution is 6.42. The predicted octanol–water partition coefficient (Wildman–Crippen LogP) is 3.09. The van der Waals surface area contributed by atoms with Crippen LogP contribution in [-0.4, -0.2) is 33.0 Å². The third-order valence-electron chi connectivity index (χ3n) is 2.76. The van der Waals surface area contributed by atoms with E-state index in [2.05, 4.69) is 15.2 Å². The minimum absolute atomic E-state index is 0.150. The van der Waals surface area contributed by atoms with Crippen molar-refractivity contribution in [3.05, 3.63) is 51.5 Å². The van der Waals surface area contributed by atoms with Crippen molar-refractivity contribution in [3.63, 3.8) is 0 Å². The van der Waals surface area contributed by atoms with E-state index in [-0.39, 0.29) is 5.91 Å². The van der Waals surface area contributed by atoms with Crippen LogP contribution in [0.5, 0.6) is 0 Å². The molecule has 110 valence electrons. The molecule has 0 aliphatic carbocycles. The maximum absolute atomic E-state index is 12.0. The number of amides is 1. The summed E-state index contributed by atoms with van der Waals surface area (Å²) in [6.07, 6.45) is 3.16. The number of likely N-dealkylation sites (N-methyl/N-ethyl adjacent to an activating group) is 1. The second-order valence-electron chi connectivity index (χ2n) is 4.54. The highest BCUT2D eigenvalue weighted by Crippen LogP contribution is 2.23. The van der Waals surface area contributed by atoms with E-state index in [1.807, 2.05) is 6.92 Å². The minimum Gasteiger partial charge on any atom is -0.335 e. The maximum atomic E-state index is 12.0. The van der Waals surface area contributed by atoms with Gasteiger partial charge in [-0.15, -0.1) is 0 Å². The molecule has 0 fully saturated rings. The molecule has 0 radical (unpaired) electrons. The monoisotopic (exact) mass is 324 g/mol. The summed E-state index contributed by atoms with van der Waals surface area (Å²) in [6.45, 7) is 2.15. The molecule has 0 aliphatic heterocycles. The van der Waals surface area contributed by atoms with Crippen LogP contribution in [0, 0.1) is 6.92 Å². The molecule has 7 heteroatoms. The molecule has 1 aromatic heterocycles. The van der Waals surface area contributed by atoms with E-state index in [1.54, 1.807) is 31.3 Å². The number of rotatable bonds is 4. The first-order valence-electron chi connectivity index (χ1n) is 6.22. The molecule has 0 saturated carbocycles. The number of H-pyrrole nitrogens is 1. The summed E-state index contributed by atoms with van der Waals surface area (Å²) in [7, 11) is 1.69. The number of aryl methyl sites for hydroxylation is 1. The summed E-state index contributed by atoms with van der Waals surface area (Å²) < 4.78 is 0. The zero-order valence-corrected chi connectivity index (χ0v) is 13.1. The first kappa shape index (κ1) is 15.5. The molecule has 0 saturated heterocycles. The van der Waals surface area contributed by atoms with Gasteiger partial charge >= 0.3 is 0 Å². The van der Waals surface area contributed by atoms with Crippen molar-refractivity contribution in [2.75, 3.05) is 7.05 Å². The lowest BCUT2D eigenvalue weighted by atomic mass is 10.2. The number of carbonyl (C=O) groups excluding carboxylic acids is 1. The summed E-state index contributed by atoms with van der Waals surface area (Å²) >= 11 is 11.8. The van der Waals surface area contributed by atoms with E-state index in [0.29, 0.717) is 22.4 Å². The maximum Gasteiger partial charge on any atom is 0.246 e. The number of carbonyl (C=O) groups is 1. The zero-order valence-electron chi connectivity index (χ0n) is 11.6. The first-order chi connectivity index (χ1) is 9.95. The zero-order chi connectivity index (χ0) is 15.4. The van der Waals surface area contributed by atoms with E-state index in [1.165, 1.54) is 11.0 Å². The van der Waals surface area contributed by atoms with Gasteiger partial charge in [0.05, 0.1) is 16.6 Å². The lowest BCUT2D eigenvalue weighted by molar-refractivity contribution is -0.125. The van der Waals surface area contributed by atoms with Crippen molar-refractivity contribution in [1.82, 2.24) is 20.1 Å². The molecule has 2 rings (SSSR count). The number of benzene rings is 1. The van der Waals surface area contributed by atoms with Crippen molar-refractivity contribution in [2.45, 2.75) is 13.5 Å². The Labute approximate surface area is 132 Å². The van der Waals surface area contributed by atoms with Crippen LogP contribution >= 0.6 is 23.2 Å². The molecular weight excluding hydrogens is 311 g/mol. The molecule has 1 N–H and O–H groups in total. The van der Waals surface area contributed by atoms with Crippen LogP contribution in [-0.2, 0) is 11.3 Å². The molecule has 5 nitrogen and oxygen atoms in total. The smallest absolute Gasteiger partial charge is 0.246 e. The van der Waals surface area contributed by atoms with Gasteiger partial charge in [0.2, 0.25) is 5.91 Å². The van der Waals surface area contributed by atoms with Crippen molar-refractivity contribution in [1.29, 1.82) is 0 Å². The highest BCUT2D eigenvalue weighted by Gasteiger charge is 2.09. The summed E-state index contributed by atoms with van der Waals surface area (Å²) in [5.41, 5.74) is 0.805. The van der Waals surface area contributed by atoms with Gasteiger partial charge in [-0.2, -0.15) is 5.10 Å². The van der Waals surface area contributed by atoms with Crippen LogP contribution in [0.25, 0.3) is 6.08 Å². The minimum atomic E-state index is -0.150. The largest absolute Gasteiger partial charge is 0.335 e. The van der Waals surface area contributed by atoms with Gasteiger partial charge in [0, 0.05) is 13.1 Å². The number of aromatic nitrogens is 3. The second-order valence-corrected chi connectivity index (χ2v) is 5.35. The van der Waals surface area contributed by atoms with Crippen LogP contribution in [0.1, 0.15) is 17.2 Å². The Hall–Kier alpha value is -1.85. The van der Waals surface area contributed by atoms with E-state index >= 15 is 0 Å². The quantitative estimate of drug-likeness (QED) is 0.879. The fourth-order valence-electron chi connectivity index (χ4n) is 1.66. The molecular formula is C14H14Cl2N4O.